The Morgan fingerprint density at radius 3 is 1.11 bits per heavy atom. The van der Waals surface area contributed by atoms with Gasteiger partial charge >= 0.3 is 26.2 Å². The average molecular weight is 672 g/mol. The predicted octanol–water partition coefficient (Wildman–Crippen LogP) is 12.4. The van der Waals surface area contributed by atoms with E-state index in [2.05, 4.69) is 178 Å². The molecular formula is C42H48SiZr. The molecule has 0 saturated carbocycles. The first kappa shape index (κ1) is 35.7. The molecule has 0 saturated heterocycles. The van der Waals surface area contributed by atoms with Crippen LogP contribution in [-0.2, 0) is 37.0 Å². The van der Waals surface area contributed by atoms with Crippen LogP contribution in [0.1, 0.15) is 63.8 Å². The third-order valence-electron chi connectivity index (χ3n) is 7.91. The smallest absolute Gasteiger partial charge is 0.165 e. The van der Waals surface area contributed by atoms with Crippen LogP contribution in [0.5, 0.6) is 0 Å². The summed E-state index contributed by atoms with van der Waals surface area (Å²) in [6.07, 6.45) is 0. The maximum absolute atomic E-state index is 2.28. The van der Waals surface area contributed by atoms with Crippen molar-refractivity contribution in [2.24, 2.45) is 0 Å². The van der Waals surface area contributed by atoms with Gasteiger partial charge in [-0.3, -0.25) is 0 Å². The van der Waals surface area contributed by atoms with Crippen molar-refractivity contribution >= 4 is 31.1 Å². The number of fused-ring (bicyclic) bond motifs is 2. The molecule has 0 aliphatic heterocycles. The normalized spacial score (nSPS) is 11.3. The zero-order valence-electron chi connectivity index (χ0n) is 28.4. The summed E-state index contributed by atoms with van der Waals surface area (Å²) in [5, 5.41) is 5.38. The molecule has 0 aliphatic carbocycles. The predicted molar refractivity (Wildman–Crippen MR) is 194 cm³/mol. The van der Waals surface area contributed by atoms with Gasteiger partial charge in [-0.15, -0.1) is 69.1 Å². The largest absolute Gasteiger partial charge is 2.00 e. The molecule has 44 heavy (non-hydrogen) atoms. The first-order chi connectivity index (χ1) is 20.3. The van der Waals surface area contributed by atoms with E-state index in [1.54, 1.807) is 0 Å². The Morgan fingerprint density at radius 2 is 0.818 bits per heavy atom. The summed E-state index contributed by atoms with van der Waals surface area (Å²) in [5.74, 6) is 0. The standard InChI is InChI=1S/2C20H21.C2H6Si.Zr/c2*1-14-12-16-6-5-7-18(19(16)13-14)15-8-10-17(11-9-15)20(2,3)4;1-3-2;/h2*5-13H,1-4H3;1-2H3;/q2*-1;;+2. The van der Waals surface area contributed by atoms with Crippen LogP contribution in [0.15, 0.2) is 109 Å². The van der Waals surface area contributed by atoms with Gasteiger partial charge in [0, 0.05) is 9.52 Å². The average Bonchev–Trinajstić information content (AvgIpc) is 3.53. The molecule has 6 aromatic rings. The molecule has 0 amide bonds. The molecule has 2 heteroatoms. The van der Waals surface area contributed by atoms with Gasteiger partial charge in [-0.1, -0.05) is 140 Å². The Bertz CT molecular complexity index is 1630. The van der Waals surface area contributed by atoms with Gasteiger partial charge in [0.2, 0.25) is 0 Å². The minimum Gasteiger partial charge on any atom is -0.165 e. The van der Waals surface area contributed by atoms with Crippen LogP contribution in [0.3, 0.4) is 0 Å². The van der Waals surface area contributed by atoms with Crippen molar-refractivity contribution in [3.8, 4) is 22.3 Å². The maximum atomic E-state index is 2.28. The van der Waals surface area contributed by atoms with Crippen molar-refractivity contribution in [2.45, 2.75) is 79.3 Å². The van der Waals surface area contributed by atoms with Gasteiger partial charge in [-0.2, -0.15) is 12.1 Å². The second-order valence-corrected chi connectivity index (χ2v) is 14.8. The van der Waals surface area contributed by atoms with Gasteiger partial charge in [0.1, 0.15) is 0 Å². The van der Waals surface area contributed by atoms with Crippen molar-refractivity contribution in [1.82, 2.24) is 0 Å². The zero-order chi connectivity index (χ0) is 31.4. The molecular weight excluding hydrogens is 624 g/mol. The number of benzene rings is 4. The third kappa shape index (κ3) is 8.68. The fraction of sp³-hybridized carbons (Fsp3) is 0.286. The van der Waals surface area contributed by atoms with Crippen LogP contribution in [0.2, 0.25) is 13.1 Å². The van der Waals surface area contributed by atoms with Crippen molar-refractivity contribution < 1.29 is 26.2 Å². The van der Waals surface area contributed by atoms with E-state index in [-0.39, 0.29) is 37.0 Å². The van der Waals surface area contributed by atoms with Gasteiger partial charge in [0.05, 0.1) is 0 Å². The van der Waals surface area contributed by atoms with Crippen LogP contribution < -0.4 is 0 Å². The van der Waals surface area contributed by atoms with Gasteiger partial charge in [0.15, 0.2) is 0 Å². The first-order valence-electron chi connectivity index (χ1n) is 15.4. The molecule has 0 bridgehead atoms. The van der Waals surface area contributed by atoms with E-state index in [0.29, 0.717) is 0 Å². The Kier molecular flexibility index (Phi) is 12.2. The fourth-order valence-corrected chi connectivity index (χ4v) is 5.57. The number of hydrogen-bond donors (Lipinski definition) is 0. The van der Waals surface area contributed by atoms with E-state index in [1.807, 2.05) is 0 Å². The van der Waals surface area contributed by atoms with E-state index < -0.39 is 0 Å². The summed E-state index contributed by atoms with van der Waals surface area (Å²) in [6.45, 7) is 22.1. The minimum absolute atomic E-state index is 0. The molecule has 0 unspecified atom stereocenters. The van der Waals surface area contributed by atoms with Crippen molar-refractivity contribution in [3.05, 3.63) is 131 Å². The molecule has 0 nitrogen and oxygen atoms in total. The molecule has 224 valence electrons. The second kappa shape index (κ2) is 15.0. The van der Waals surface area contributed by atoms with E-state index >= 15 is 0 Å². The molecule has 0 fully saturated rings. The molecule has 6 aromatic carbocycles. The minimum atomic E-state index is 0. The Morgan fingerprint density at radius 1 is 0.500 bits per heavy atom. The summed E-state index contributed by atoms with van der Waals surface area (Å²) < 4.78 is 0. The number of rotatable bonds is 2. The molecule has 0 heterocycles. The molecule has 0 aromatic heterocycles. The molecule has 0 aliphatic rings. The number of hydrogen-bond acceptors (Lipinski definition) is 0. The van der Waals surface area contributed by atoms with Crippen molar-refractivity contribution in [3.63, 3.8) is 0 Å². The Balaban J connectivity index is 0.000000216. The van der Waals surface area contributed by atoms with Gasteiger partial charge in [-0.25, -0.2) is 0 Å². The monoisotopic (exact) mass is 670 g/mol. The topological polar surface area (TPSA) is 0 Å². The molecule has 0 N–H and O–H groups in total. The van der Waals surface area contributed by atoms with E-state index in [9.17, 15) is 0 Å². The van der Waals surface area contributed by atoms with Crippen LogP contribution in [0, 0.1) is 13.8 Å². The third-order valence-corrected chi connectivity index (χ3v) is 7.91. The summed E-state index contributed by atoms with van der Waals surface area (Å²) in [4.78, 5) is 0. The van der Waals surface area contributed by atoms with Crippen LogP contribution in [0.4, 0.5) is 0 Å². The summed E-state index contributed by atoms with van der Waals surface area (Å²) in [5.41, 5.74) is 11.1. The molecule has 6 rings (SSSR count). The van der Waals surface area contributed by atoms with E-state index in [0.717, 1.165) is 9.52 Å². The second-order valence-electron chi connectivity index (χ2n) is 13.8. The van der Waals surface area contributed by atoms with Crippen molar-refractivity contribution in [2.75, 3.05) is 0 Å². The number of aryl methyl sites for hydroxylation is 2. The molecule has 0 atom stereocenters. The zero-order valence-corrected chi connectivity index (χ0v) is 31.9. The fourth-order valence-electron chi connectivity index (χ4n) is 5.57. The van der Waals surface area contributed by atoms with Crippen LogP contribution in [-0.4, -0.2) is 9.52 Å². The van der Waals surface area contributed by atoms with Crippen LogP contribution >= 0.6 is 0 Å². The maximum Gasteiger partial charge on any atom is 2.00 e. The Hall–Kier alpha value is -2.80. The van der Waals surface area contributed by atoms with Gasteiger partial charge < -0.3 is 0 Å². The summed E-state index contributed by atoms with van der Waals surface area (Å²) in [6, 6.07) is 40.2. The van der Waals surface area contributed by atoms with E-state index in [1.165, 1.54) is 66.1 Å². The summed E-state index contributed by atoms with van der Waals surface area (Å²) in [7, 11) is 1.08. The summed E-state index contributed by atoms with van der Waals surface area (Å²) >= 11 is 0. The molecule has 2 radical (unpaired) electrons. The van der Waals surface area contributed by atoms with E-state index in [4.69, 9.17) is 0 Å². The van der Waals surface area contributed by atoms with Crippen molar-refractivity contribution in [1.29, 1.82) is 0 Å². The SMILES string of the molecule is C[Si]C.Cc1cc2c(-c3ccc(C(C)(C)C)cc3)cccc2[cH-]1.Cc1cc2c(-c3ccc(C(C)(C)C)cc3)cccc2[cH-]1.[Zr+2]. The quantitative estimate of drug-likeness (QED) is 0.127. The van der Waals surface area contributed by atoms with Gasteiger partial charge in [-0.05, 0) is 33.1 Å². The van der Waals surface area contributed by atoms with Crippen LogP contribution in [0.25, 0.3) is 43.8 Å². The molecule has 0 spiro atoms. The first-order valence-corrected chi connectivity index (χ1v) is 17.4. The Labute approximate surface area is 288 Å². The van der Waals surface area contributed by atoms with Gasteiger partial charge in [0.25, 0.3) is 0 Å².